The Bertz CT molecular complexity index is 1770. The molecule has 0 unspecified atom stereocenters. The van der Waals surface area contributed by atoms with Gasteiger partial charge < -0.3 is 24.8 Å². The number of aryl methyl sites for hydroxylation is 2. The van der Waals surface area contributed by atoms with Gasteiger partial charge in [-0.2, -0.15) is 10.1 Å². The van der Waals surface area contributed by atoms with Crippen LogP contribution in [0.1, 0.15) is 30.4 Å². The van der Waals surface area contributed by atoms with Crippen molar-refractivity contribution in [3.8, 4) is 16.9 Å². The molecule has 4 heterocycles. The maximum absolute atomic E-state index is 13.3. The molecular weight excluding hydrogens is 607 g/mol. The van der Waals surface area contributed by atoms with Crippen LogP contribution < -0.4 is 25.6 Å². The Hall–Kier alpha value is -3.59. The lowest BCUT2D eigenvalue weighted by molar-refractivity contribution is 0.133. The van der Waals surface area contributed by atoms with E-state index in [4.69, 9.17) is 21.3 Å². The zero-order valence-corrected chi connectivity index (χ0v) is 28.5. The van der Waals surface area contributed by atoms with Crippen molar-refractivity contribution in [1.82, 2.24) is 24.6 Å². The van der Waals surface area contributed by atoms with E-state index in [-0.39, 0.29) is 0 Å². The fourth-order valence-corrected chi connectivity index (χ4v) is 8.46. The van der Waals surface area contributed by atoms with E-state index in [2.05, 4.69) is 42.6 Å². The quantitative estimate of drug-likeness (QED) is 0.206. The van der Waals surface area contributed by atoms with Gasteiger partial charge in [-0.3, -0.25) is 9.58 Å². The number of benzene rings is 2. The first-order valence-corrected chi connectivity index (χ1v) is 18.4. The van der Waals surface area contributed by atoms with Crippen LogP contribution in [0.4, 0.5) is 28.8 Å². The summed E-state index contributed by atoms with van der Waals surface area (Å²) in [5.41, 5.74) is 6.73. The highest BCUT2D eigenvalue weighted by molar-refractivity contribution is 7.70. The van der Waals surface area contributed by atoms with Gasteiger partial charge in [-0.1, -0.05) is 24.1 Å². The van der Waals surface area contributed by atoms with Gasteiger partial charge in [0.05, 0.1) is 30.9 Å². The van der Waals surface area contributed by atoms with Crippen molar-refractivity contribution in [1.29, 1.82) is 0 Å². The number of methoxy groups -OCH3 is 1. The predicted molar refractivity (Wildman–Crippen MR) is 185 cm³/mol. The lowest BCUT2D eigenvalue weighted by atomic mass is 9.97. The second kappa shape index (κ2) is 12.7. The normalized spacial score (nSPS) is 17.2. The molecule has 10 nitrogen and oxygen atoms in total. The second-order valence-electron chi connectivity index (χ2n) is 12.5. The molecule has 12 heteroatoms. The number of piperidine rings is 1. The number of nitrogens with one attached hydrogen (secondary N) is 2. The number of fused-ring (bicyclic) bond motifs is 1. The number of piperazine rings is 1. The second-order valence-corrected chi connectivity index (χ2v) is 16.1. The van der Waals surface area contributed by atoms with Gasteiger partial charge in [0, 0.05) is 67.1 Å². The van der Waals surface area contributed by atoms with Crippen LogP contribution in [0.3, 0.4) is 0 Å². The third-order valence-corrected chi connectivity index (χ3v) is 10.9. The Labute approximate surface area is 270 Å². The molecule has 4 aromatic rings. The smallest absolute Gasteiger partial charge is 0.229 e. The van der Waals surface area contributed by atoms with Crippen molar-refractivity contribution >= 4 is 52.9 Å². The van der Waals surface area contributed by atoms with Gasteiger partial charge in [0.15, 0.2) is 5.82 Å². The van der Waals surface area contributed by atoms with E-state index < -0.39 is 7.14 Å². The summed E-state index contributed by atoms with van der Waals surface area (Å²) in [7, 11) is 1.01. The molecule has 0 radical (unpaired) electrons. The number of halogens is 1. The number of hydrogen-bond donors (Lipinski definition) is 2. The lowest BCUT2D eigenvalue weighted by Crippen LogP contribution is -2.55. The molecule has 45 heavy (non-hydrogen) atoms. The van der Waals surface area contributed by atoms with Crippen LogP contribution in [-0.2, 0) is 11.6 Å². The molecule has 2 N–H and O–H groups in total. The van der Waals surface area contributed by atoms with Gasteiger partial charge in [0.1, 0.15) is 17.9 Å². The van der Waals surface area contributed by atoms with Gasteiger partial charge in [-0.25, -0.2) is 4.98 Å². The first-order valence-electron chi connectivity index (χ1n) is 15.4. The molecule has 0 spiro atoms. The molecule has 2 fully saturated rings. The average Bonchev–Trinajstić information content (AvgIpc) is 3.45. The fraction of sp³-hybridized carbons (Fsp3) is 0.424. The highest BCUT2D eigenvalue weighted by Gasteiger charge is 2.31. The van der Waals surface area contributed by atoms with Crippen molar-refractivity contribution in [2.75, 3.05) is 62.2 Å². The molecule has 2 saturated heterocycles. The molecule has 2 aliphatic heterocycles. The molecule has 2 aromatic carbocycles. The molecule has 238 valence electrons. The maximum atomic E-state index is 13.3. The minimum atomic E-state index is -2.60. The van der Waals surface area contributed by atoms with E-state index >= 15 is 0 Å². The van der Waals surface area contributed by atoms with E-state index in [1.165, 1.54) is 25.8 Å². The molecule has 0 saturated carbocycles. The predicted octanol–water partition coefficient (Wildman–Crippen LogP) is 6.57. The molecule has 1 atom stereocenters. The molecular formula is C33H42ClN8O2P. The topological polar surface area (TPSA) is 100 Å². The van der Waals surface area contributed by atoms with Crippen LogP contribution in [0.15, 0.2) is 42.9 Å². The monoisotopic (exact) mass is 648 g/mol. The molecule has 6 rings (SSSR count). The van der Waals surface area contributed by atoms with Crippen LogP contribution >= 0.6 is 18.7 Å². The van der Waals surface area contributed by atoms with Crippen LogP contribution in [0.2, 0.25) is 5.02 Å². The van der Waals surface area contributed by atoms with Gasteiger partial charge in [0.25, 0.3) is 0 Å². The van der Waals surface area contributed by atoms with Crippen molar-refractivity contribution < 1.29 is 9.30 Å². The average molecular weight is 649 g/mol. The molecule has 2 aromatic heterocycles. The zero-order chi connectivity index (χ0) is 31.9. The Morgan fingerprint density at radius 3 is 2.60 bits per heavy atom. The lowest BCUT2D eigenvalue weighted by Gasteiger charge is -2.45. The molecule has 0 amide bonds. The Balaban J connectivity index is 1.35. The van der Waals surface area contributed by atoms with Crippen molar-refractivity contribution in [3.63, 3.8) is 0 Å². The number of aromatic nitrogens is 4. The van der Waals surface area contributed by atoms with Crippen molar-refractivity contribution in [2.24, 2.45) is 7.05 Å². The van der Waals surface area contributed by atoms with Crippen LogP contribution in [0.25, 0.3) is 11.1 Å². The van der Waals surface area contributed by atoms with E-state index in [0.29, 0.717) is 28.6 Å². The van der Waals surface area contributed by atoms with Crippen LogP contribution in [-0.4, -0.2) is 77.3 Å². The minimum Gasteiger partial charge on any atom is -0.494 e. The van der Waals surface area contributed by atoms with Crippen LogP contribution in [0.5, 0.6) is 5.75 Å². The largest absolute Gasteiger partial charge is 0.494 e. The third kappa shape index (κ3) is 6.55. The summed E-state index contributed by atoms with van der Waals surface area (Å²) < 4.78 is 21.0. The highest BCUT2D eigenvalue weighted by atomic mass is 35.5. The van der Waals surface area contributed by atoms with Crippen LogP contribution in [0, 0.1) is 13.8 Å². The molecule has 2 aliphatic rings. The summed E-state index contributed by atoms with van der Waals surface area (Å²) in [5, 5.41) is 12.3. The Kier molecular flexibility index (Phi) is 8.83. The first-order chi connectivity index (χ1) is 21.5. The van der Waals surface area contributed by atoms with Crippen molar-refractivity contribution in [2.45, 2.75) is 39.2 Å². The number of ether oxygens (including phenoxy) is 1. The fourth-order valence-electron chi connectivity index (χ4n) is 6.62. The summed E-state index contributed by atoms with van der Waals surface area (Å²) in [5.74, 6) is 1.45. The summed E-state index contributed by atoms with van der Waals surface area (Å²) in [6.07, 6.45) is 9.30. The van der Waals surface area contributed by atoms with E-state index in [1.807, 2.05) is 50.1 Å². The van der Waals surface area contributed by atoms with Gasteiger partial charge in [-0.05, 0) is 69.8 Å². The summed E-state index contributed by atoms with van der Waals surface area (Å²) in [6, 6.07) is 8.71. The number of nitrogens with zero attached hydrogens (tertiary/aromatic N) is 6. The minimum absolute atomic E-state index is 0.350. The number of anilines is 5. The Morgan fingerprint density at radius 1 is 1.04 bits per heavy atom. The van der Waals surface area contributed by atoms with Gasteiger partial charge >= 0.3 is 0 Å². The SMILES string of the molecule is COc1cc(N2CCN3CCCC[C@@H]3C2)c(-c2cnn(C)c2)cc1Nc1ncc(Cl)c(Nc2ccc(C)c(C)c2P(C)(C)=O)n1. The summed E-state index contributed by atoms with van der Waals surface area (Å²) >= 11 is 6.58. The van der Waals surface area contributed by atoms with Gasteiger partial charge in [0.2, 0.25) is 5.95 Å². The molecule has 0 aliphatic carbocycles. The van der Waals surface area contributed by atoms with Gasteiger partial charge in [-0.15, -0.1) is 0 Å². The standard InChI is InChI=1S/C33H42ClN8O2P/c1-21-10-11-27(31(22(21)2)45(5,6)43)37-32-26(34)18-35-33(39-32)38-28-15-25(23-17-36-40(3)19-23)29(16-30(28)44-4)42-14-13-41-12-8-7-9-24(41)20-42/h10-11,15-19,24H,7-9,12-14,20H2,1-6H3,(H2,35,37,38,39)/t24-/m1/s1. The maximum Gasteiger partial charge on any atom is 0.229 e. The zero-order valence-electron chi connectivity index (χ0n) is 26.9. The Morgan fingerprint density at radius 2 is 1.87 bits per heavy atom. The first kappa shape index (κ1) is 31.4. The number of hydrogen-bond acceptors (Lipinski definition) is 9. The highest BCUT2D eigenvalue weighted by Crippen LogP contribution is 2.43. The third-order valence-electron chi connectivity index (χ3n) is 9.00. The van der Waals surface area contributed by atoms with E-state index in [0.717, 1.165) is 64.3 Å². The van der Waals surface area contributed by atoms with Crippen molar-refractivity contribution in [3.05, 3.63) is 59.0 Å². The van der Waals surface area contributed by atoms with E-state index in [1.54, 1.807) is 26.6 Å². The molecule has 0 bridgehead atoms. The summed E-state index contributed by atoms with van der Waals surface area (Å²) in [6.45, 7) is 11.8. The number of rotatable bonds is 8. The summed E-state index contributed by atoms with van der Waals surface area (Å²) in [4.78, 5) is 14.3. The van der Waals surface area contributed by atoms with E-state index in [9.17, 15) is 4.57 Å².